The van der Waals surface area contributed by atoms with Gasteiger partial charge in [0.2, 0.25) is 5.88 Å². The highest BCUT2D eigenvalue weighted by Gasteiger charge is 1.95. The van der Waals surface area contributed by atoms with Crippen molar-refractivity contribution in [2.75, 3.05) is 32.2 Å². The van der Waals surface area contributed by atoms with Crippen LogP contribution in [0.5, 0.6) is 5.88 Å². The van der Waals surface area contributed by atoms with E-state index < -0.39 is 0 Å². The first kappa shape index (κ1) is 11.8. The molecule has 1 heterocycles. The Labute approximate surface area is 90.6 Å². The van der Waals surface area contributed by atoms with Gasteiger partial charge in [-0.1, -0.05) is 6.92 Å². The summed E-state index contributed by atoms with van der Waals surface area (Å²) in [7, 11) is 1.65. The number of hydrogen-bond donors (Lipinski definition) is 1. The molecule has 1 aromatic heterocycles. The molecule has 0 aliphatic rings. The van der Waals surface area contributed by atoms with Gasteiger partial charge in [-0.25, -0.2) is 4.98 Å². The lowest BCUT2D eigenvalue weighted by molar-refractivity contribution is 0.144. The molecular formula is C11H18N2O2. The molecule has 0 bridgehead atoms. The lowest BCUT2D eigenvalue weighted by Gasteiger charge is -2.06. The Hall–Kier alpha value is -1.29. The monoisotopic (exact) mass is 210 g/mol. The fraction of sp³-hybridized carbons (Fsp3) is 0.545. The lowest BCUT2D eigenvalue weighted by Crippen LogP contribution is -2.05. The summed E-state index contributed by atoms with van der Waals surface area (Å²) in [6.45, 7) is 4.21. The molecule has 1 rings (SSSR count). The fourth-order valence-electron chi connectivity index (χ4n) is 1.07. The summed E-state index contributed by atoms with van der Waals surface area (Å²) >= 11 is 0. The minimum absolute atomic E-state index is 0.533. The lowest BCUT2D eigenvalue weighted by atomic mass is 10.4. The molecule has 1 aromatic rings. The van der Waals surface area contributed by atoms with E-state index in [1.165, 1.54) is 0 Å². The first-order valence-corrected chi connectivity index (χ1v) is 5.18. The van der Waals surface area contributed by atoms with Gasteiger partial charge in [-0.05, 0) is 12.5 Å². The van der Waals surface area contributed by atoms with Crippen molar-refractivity contribution in [1.82, 2.24) is 4.98 Å². The van der Waals surface area contributed by atoms with E-state index >= 15 is 0 Å². The molecule has 0 spiro atoms. The van der Waals surface area contributed by atoms with E-state index in [0.717, 1.165) is 18.7 Å². The van der Waals surface area contributed by atoms with Gasteiger partial charge in [0.05, 0.1) is 18.5 Å². The topological polar surface area (TPSA) is 43.4 Å². The van der Waals surface area contributed by atoms with Crippen LogP contribution in [0.2, 0.25) is 0 Å². The molecule has 0 aromatic carbocycles. The Morgan fingerprint density at radius 1 is 1.33 bits per heavy atom. The summed E-state index contributed by atoms with van der Waals surface area (Å²) in [5.41, 5.74) is 1.02. The van der Waals surface area contributed by atoms with Gasteiger partial charge in [0.1, 0.15) is 6.61 Å². The first-order chi connectivity index (χ1) is 7.36. The van der Waals surface area contributed by atoms with Gasteiger partial charge in [0.25, 0.3) is 0 Å². The van der Waals surface area contributed by atoms with Crippen molar-refractivity contribution >= 4 is 5.69 Å². The molecule has 0 saturated heterocycles. The molecule has 4 nitrogen and oxygen atoms in total. The number of rotatable bonds is 7. The van der Waals surface area contributed by atoms with Crippen molar-refractivity contribution < 1.29 is 9.47 Å². The highest BCUT2D eigenvalue weighted by Crippen LogP contribution is 2.11. The molecule has 0 saturated carbocycles. The second kappa shape index (κ2) is 7.06. The van der Waals surface area contributed by atoms with E-state index in [0.29, 0.717) is 19.1 Å². The van der Waals surface area contributed by atoms with E-state index in [4.69, 9.17) is 9.47 Å². The van der Waals surface area contributed by atoms with Gasteiger partial charge >= 0.3 is 0 Å². The van der Waals surface area contributed by atoms with Crippen LogP contribution in [0.15, 0.2) is 18.3 Å². The van der Waals surface area contributed by atoms with Crippen molar-refractivity contribution in [3.63, 3.8) is 0 Å². The molecule has 0 amide bonds. The number of aromatic nitrogens is 1. The summed E-state index contributed by atoms with van der Waals surface area (Å²) in [4.78, 5) is 4.16. The zero-order valence-electron chi connectivity index (χ0n) is 9.32. The van der Waals surface area contributed by atoms with Gasteiger partial charge in [-0.2, -0.15) is 0 Å². The minimum atomic E-state index is 0.533. The highest BCUT2D eigenvalue weighted by molar-refractivity contribution is 5.41. The molecule has 4 heteroatoms. The van der Waals surface area contributed by atoms with Crippen molar-refractivity contribution in [1.29, 1.82) is 0 Å². The third-order valence-corrected chi connectivity index (χ3v) is 1.85. The minimum Gasteiger partial charge on any atom is -0.475 e. The summed E-state index contributed by atoms with van der Waals surface area (Å²) < 4.78 is 10.2. The fourth-order valence-corrected chi connectivity index (χ4v) is 1.07. The predicted octanol–water partition coefficient (Wildman–Crippen LogP) is 1.93. The predicted molar refractivity (Wildman–Crippen MR) is 60.4 cm³/mol. The van der Waals surface area contributed by atoms with E-state index in [-0.39, 0.29) is 0 Å². The van der Waals surface area contributed by atoms with E-state index in [1.54, 1.807) is 13.3 Å². The van der Waals surface area contributed by atoms with Gasteiger partial charge < -0.3 is 14.8 Å². The van der Waals surface area contributed by atoms with Crippen LogP contribution in [-0.2, 0) is 4.74 Å². The normalized spacial score (nSPS) is 10.0. The van der Waals surface area contributed by atoms with Crippen molar-refractivity contribution in [2.45, 2.75) is 13.3 Å². The number of nitrogens with zero attached hydrogens (tertiary/aromatic N) is 1. The Morgan fingerprint density at radius 2 is 2.20 bits per heavy atom. The molecule has 0 radical (unpaired) electrons. The third kappa shape index (κ3) is 4.65. The largest absolute Gasteiger partial charge is 0.475 e. The smallest absolute Gasteiger partial charge is 0.213 e. The van der Waals surface area contributed by atoms with Crippen LogP contribution in [0.4, 0.5) is 5.69 Å². The van der Waals surface area contributed by atoms with Crippen LogP contribution >= 0.6 is 0 Å². The average molecular weight is 210 g/mol. The quantitative estimate of drug-likeness (QED) is 0.698. The third-order valence-electron chi connectivity index (χ3n) is 1.85. The summed E-state index contributed by atoms with van der Waals surface area (Å²) in [5, 5.41) is 3.25. The van der Waals surface area contributed by atoms with E-state index in [1.807, 2.05) is 12.1 Å². The zero-order chi connectivity index (χ0) is 10.9. The molecule has 15 heavy (non-hydrogen) atoms. The van der Waals surface area contributed by atoms with Gasteiger partial charge in [0, 0.05) is 19.7 Å². The summed E-state index contributed by atoms with van der Waals surface area (Å²) in [6, 6.07) is 3.82. The number of anilines is 1. The van der Waals surface area contributed by atoms with Gasteiger partial charge in [-0.15, -0.1) is 0 Å². The molecule has 1 N–H and O–H groups in total. The molecule has 0 atom stereocenters. The molecule has 0 unspecified atom stereocenters. The Morgan fingerprint density at radius 3 is 2.80 bits per heavy atom. The number of ether oxygens (including phenoxy) is 2. The van der Waals surface area contributed by atoms with Crippen molar-refractivity contribution in [3.8, 4) is 5.88 Å². The van der Waals surface area contributed by atoms with Crippen LogP contribution in [0.3, 0.4) is 0 Å². The first-order valence-electron chi connectivity index (χ1n) is 5.18. The second-order valence-electron chi connectivity index (χ2n) is 3.15. The Kier molecular flexibility index (Phi) is 5.55. The maximum Gasteiger partial charge on any atom is 0.213 e. The highest BCUT2D eigenvalue weighted by atomic mass is 16.5. The van der Waals surface area contributed by atoms with Crippen LogP contribution in [0.1, 0.15) is 13.3 Å². The molecule has 0 aliphatic carbocycles. The molecule has 84 valence electrons. The summed E-state index contributed by atoms with van der Waals surface area (Å²) in [6.07, 6.45) is 2.88. The van der Waals surface area contributed by atoms with Gasteiger partial charge in [0.15, 0.2) is 0 Å². The van der Waals surface area contributed by atoms with Crippen molar-refractivity contribution in [3.05, 3.63) is 18.3 Å². The van der Waals surface area contributed by atoms with E-state index in [9.17, 15) is 0 Å². The number of nitrogens with one attached hydrogen (secondary N) is 1. The SMILES string of the molecule is CCCNc1ccc(OCCOC)nc1. The van der Waals surface area contributed by atoms with Crippen LogP contribution in [-0.4, -0.2) is 31.9 Å². The number of pyridine rings is 1. The Balaban J connectivity index is 2.35. The van der Waals surface area contributed by atoms with Crippen LogP contribution in [0, 0.1) is 0 Å². The number of hydrogen-bond acceptors (Lipinski definition) is 4. The van der Waals surface area contributed by atoms with Gasteiger partial charge in [-0.3, -0.25) is 0 Å². The van der Waals surface area contributed by atoms with Crippen LogP contribution < -0.4 is 10.1 Å². The van der Waals surface area contributed by atoms with E-state index in [2.05, 4.69) is 17.2 Å². The number of methoxy groups -OCH3 is 1. The maximum absolute atomic E-state index is 5.34. The molecule has 0 aliphatic heterocycles. The van der Waals surface area contributed by atoms with Crippen molar-refractivity contribution in [2.24, 2.45) is 0 Å². The Bertz CT molecular complexity index is 262. The second-order valence-corrected chi connectivity index (χ2v) is 3.15. The van der Waals surface area contributed by atoms with Crippen LogP contribution in [0.25, 0.3) is 0 Å². The zero-order valence-corrected chi connectivity index (χ0v) is 9.32. The average Bonchev–Trinajstić information content (AvgIpc) is 2.28. The summed E-state index contributed by atoms with van der Waals surface area (Å²) in [5.74, 6) is 0.633. The standard InChI is InChI=1S/C11H18N2O2/c1-3-6-12-10-4-5-11(13-9-10)15-8-7-14-2/h4-5,9,12H,3,6-8H2,1-2H3. The molecular weight excluding hydrogens is 192 g/mol. The molecule has 0 fully saturated rings. The maximum atomic E-state index is 5.34.